The topological polar surface area (TPSA) is 52.6 Å². The first-order chi connectivity index (χ1) is 10.5. The van der Waals surface area contributed by atoms with Gasteiger partial charge in [0, 0.05) is 11.5 Å². The van der Waals surface area contributed by atoms with Gasteiger partial charge in [-0.1, -0.05) is 19.4 Å². The molecular formula is C18H26O4. The van der Waals surface area contributed by atoms with E-state index in [9.17, 15) is 9.59 Å². The molecule has 5 unspecified atom stereocenters. The van der Waals surface area contributed by atoms with Crippen molar-refractivity contribution in [2.24, 2.45) is 23.7 Å². The van der Waals surface area contributed by atoms with Gasteiger partial charge in [0.2, 0.25) is 0 Å². The minimum atomic E-state index is -0.238. The fraction of sp³-hybridized carbons (Fsp3) is 0.778. The van der Waals surface area contributed by atoms with E-state index >= 15 is 0 Å². The summed E-state index contributed by atoms with van der Waals surface area (Å²) < 4.78 is 10.6. The lowest BCUT2D eigenvalue weighted by Crippen LogP contribution is -2.29. The molecule has 1 heterocycles. The number of hydrogen-bond donors (Lipinski definition) is 0. The van der Waals surface area contributed by atoms with Crippen LogP contribution in [0.3, 0.4) is 0 Å². The molecule has 0 amide bonds. The van der Waals surface area contributed by atoms with Gasteiger partial charge in [-0.15, -0.1) is 0 Å². The summed E-state index contributed by atoms with van der Waals surface area (Å²) in [6.07, 6.45) is 7.64. The van der Waals surface area contributed by atoms with Crippen LogP contribution < -0.4 is 0 Å². The molecule has 0 N–H and O–H groups in total. The summed E-state index contributed by atoms with van der Waals surface area (Å²) in [6.45, 7) is 5.98. The fourth-order valence-corrected chi connectivity index (χ4v) is 4.55. The van der Waals surface area contributed by atoms with Crippen LogP contribution in [0.25, 0.3) is 0 Å². The number of cyclic esters (lactones) is 1. The molecule has 4 heteroatoms. The first kappa shape index (κ1) is 15.6. The second kappa shape index (κ2) is 6.43. The van der Waals surface area contributed by atoms with Crippen LogP contribution in [0.5, 0.6) is 0 Å². The van der Waals surface area contributed by atoms with Gasteiger partial charge in [-0.2, -0.15) is 0 Å². The second-order valence-corrected chi connectivity index (χ2v) is 7.41. The summed E-state index contributed by atoms with van der Waals surface area (Å²) >= 11 is 0. The highest BCUT2D eigenvalue weighted by Gasteiger charge is 2.47. The number of ether oxygens (including phenoxy) is 2. The van der Waals surface area contributed by atoms with Gasteiger partial charge < -0.3 is 9.47 Å². The Balaban J connectivity index is 1.44. The summed E-state index contributed by atoms with van der Waals surface area (Å²) in [7, 11) is 0. The third-order valence-corrected chi connectivity index (χ3v) is 5.62. The Morgan fingerprint density at radius 1 is 1.32 bits per heavy atom. The van der Waals surface area contributed by atoms with Crippen LogP contribution in [-0.2, 0) is 19.1 Å². The van der Waals surface area contributed by atoms with Crippen LogP contribution in [-0.4, -0.2) is 24.6 Å². The number of hydrogen-bond acceptors (Lipinski definition) is 4. The Hall–Kier alpha value is -1.32. The molecule has 0 aromatic heterocycles. The molecule has 5 atom stereocenters. The number of rotatable bonds is 6. The minimum absolute atomic E-state index is 0.0447. The average molecular weight is 306 g/mol. The van der Waals surface area contributed by atoms with E-state index in [-0.39, 0.29) is 18.0 Å². The molecule has 122 valence electrons. The zero-order chi connectivity index (χ0) is 15.7. The minimum Gasteiger partial charge on any atom is -0.465 e. The Morgan fingerprint density at radius 3 is 2.77 bits per heavy atom. The molecule has 0 radical (unpaired) electrons. The zero-order valence-electron chi connectivity index (χ0n) is 13.4. The molecule has 0 aromatic rings. The standard InChI is InChI=1S/C18H26O4/c1-11(2)18(20)22-16-8-13-6-14(15(16)7-13)5-3-4-12-9-17(19)21-10-12/h12-16H,1,3-10H2,2H3. The Morgan fingerprint density at radius 2 is 2.14 bits per heavy atom. The first-order valence-corrected chi connectivity index (χ1v) is 8.55. The molecule has 2 bridgehead atoms. The fourth-order valence-electron chi connectivity index (χ4n) is 4.55. The molecular weight excluding hydrogens is 280 g/mol. The SMILES string of the molecule is C=C(C)C(=O)OC1CC2CC(CCCC3COC(=O)C3)C1C2. The first-order valence-electron chi connectivity index (χ1n) is 8.55. The van der Waals surface area contributed by atoms with Crippen LogP contribution in [0.4, 0.5) is 0 Å². The van der Waals surface area contributed by atoms with Crippen molar-refractivity contribution in [3.05, 3.63) is 12.2 Å². The van der Waals surface area contributed by atoms with Crippen LogP contribution in [0.1, 0.15) is 51.9 Å². The van der Waals surface area contributed by atoms with E-state index in [1.165, 1.54) is 19.3 Å². The van der Waals surface area contributed by atoms with Crippen LogP contribution >= 0.6 is 0 Å². The van der Waals surface area contributed by atoms with E-state index in [2.05, 4.69) is 6.58 Å². The van der Waals surface area contributed by atoms with Gasteiger partial charge in [-0.05, 0) is 50.4 Å². The third-order valence-electron chi connectivity index (χ3n) is 5.62. The van der Waals surface area contributed by atoms with Crippen molar-refractivity contribution in [3.63, 3.8) is 0 Å². The highest BCUT2D eigenvalue weighted by Crippen LogP contribution is 2.51. The van der Waals surface area contributed by atoms with Crippen LogP contribution in [0.15, 0.2) is 12.2 Å². The molecule has 4 nitrogen and oxygen atoms in total. The van der Waals surface area contributed by atoms with Crippen molar-refractivity contribution in [1.29, 1.82) is 0 Å². The van der Waals surface area contributed by atoms with Gasteiger partial charge >= 0.3 is 11.9 Å². The van der Waals surface area contributed by atoms with Gasteiger partial charge in [-0.3, -0.25) is 4.79 Å². The number of fused-ring (bicyclic) bond motifs is 2. The molecule has 0 spiro atoms. The molecule has 3 fully saturated rings. The van der Waals surface area contributed by atoms with E-state index in [1.807, 2.05) is 0 Å². The van der Waals surface area contributed by atoms with E-state index in [1.54, 1.807) is 6.92 Å². The quantitative estimate of drug-likeness (QED) is 0.558. The van der Waals surface area contributed by atoms with Gasteiger partial charge in [0.1, 0.15) is 6.10 Å². The van der Waals surface area contributed by atoms with Crippen molar-refractivity contribution >= 4 is 11.9 Å². The molecule has 3 aliphatic rings. The Bertz CT molecular complexity index is 470. The van der Waals surface area contributed by atoms with Crippen molar-refractivity contribution < 1.29 is 19.1 Å². The number of carbonyl (C=O) groups excluding carboxylic acids is 2. The van der Waals surface area contributed by atoms with Crippen molar-refractivity contribution in [1.82, 2.24) is 0 Å². The number of esters is 2. The molecule has 3 rings (SSSR count). The van der Waals surface area contributed by atoms with Gasteiger partial charge in [-0.25, -0.2) is 4.79 Å². The predicted molar refractivity (Wildman–Crippen MR) is 81.9 cm³/mol. The molecule has 22 heavy (non-hydrogen) atoms. The maximum absolute atomic E-state index is 11.7. The third kappa shape index (κ3) is 3.36. The smallest absolute Gasteiger partial charge is 0.333 e. The van der Waals surface area contributed by atoms with E-state index in [4.69, 9.17) is 9.47 Å². The average Bonchev–Trinajstić information content (AvgIpc) is 3.14. The maximum atomic E-state index is 11.7. The summed E-state index contributed by atoms with van der Waals surface area (Å²) in [6, 6.07) is 0. The lowest BCUT2D eigenvalue weighted by atomic mass is 9.82. The maximum Gasteiger partial charge on any atom is 0.333 e. The summed E-state index contributed by atoms with van der Waals surface area (Å²) in [5.74, 6) is 2.08. The van der Waals surface area contributed by atoms with E-state index in [0.717, 1.165) is 25.2 Å². The van der Waals surface area contributed by atoms with Gasteiger partial charge in [0.05, 0.1) is 13.0 Å². The van der Waals surface area contributed by atoms with Crippen molar-refractivity contribution in [2.45, 2.75) is 58.0 Å². The molecule has 1 aliphatic heterocycles. The molecule has 1 saturated heterocycles. The summed E-state index contributed by atoms with van der Waals surface area (Å²) in [5, 5.41) is 0. The monoisotopic (exact) mass is 306 g/mol. The summed E-state index contributed by atoms with van der Waals surface area (Å²) in [5.41, 5.74) is 0.491. The van der Waals surface area contributed by atoms with Crippen LogP contribution in [0, 0.1) is 23.7 Å². The highest BCUT2D eigenvalue weighted by atomic mass is 16.5. The lowest BCUT2D eigenvalue weighted by Gasteiger charge is -2.29. The number of carbonyl (C=O) groups is 2. The highest BCUT2D eigenvalue weighted by molar-refractivity contribution is 5.87. The molecule has 2 aliphatic carbocycles. The lowest BCUT2D eigenvalue weighted by molar-refractivity contribution is -0.147. The van der Waals surface area contributed by atoms with Gasteiger partial charge in [0.15, 0.2) is 0 Å². The largest absolute Gasteiger partial charge is 0.465 e. The molecule has 2 saturated carbocycles. The van der Waals surface area contributed by atoms with Crippen LogP contribution in [0.2, 0.25) is 0 Å². The Labute approximate surface area is 132 Å². The van der Waals surface area contributed by atoms with Gasteiger partial charge in [0.25, 0.3) is 0 Å². The van der Waals surface area contributed by atoms with Crippen molar-refractivity contribution in [3.8, 4) is 0 Å². The predicted octanol–water partition coefficient (Wildman–Crippen LogP) is 3.25. The summed E-state index contributed by atoms with van der Waals surface area (Å²) in [4.78, 5) is 22.8. The van der Waals surface area contributed by atoms with Crippen molar-refractivity contribution in [2.75, 3.05) is 6.61 Å². The van der Waals surface area contributed by atoms with E-state index in [0.29, 0.717) is 36.4 Å². The zero-order valence-corrected chi connectivity index (χ0v) is 13.4. The normalized spacial score (nSPS) is 36.4. The second-order valence-electron chi connectivity index (χ2n) is 7.41. The molecule has 0 aromatic carbocycles. The van der Waals surface area contributed by atoms with E-state index < -0.39 is 0 Å². The Kier molecular flexibility index (Phi) is 4.55.